The standard InChI is InChI=1S/C11H12N2O3/c1-6-7-5-10(16-3)8(11(14)15)4-9(7)12-13(6)2/h4-5H,1-3H3,(H,14,15). The van der Waals surface area contributed by atoms with Crippen molar-refractivity contribution < 1.29 is 14.6 Å². The van der Waals surface area contributed by atoms with Gasteiger partial charge in [0.2, 0.25) is 0 Å². The molecule has 0 bridgehead atoms. The fourth-order valence-corrected chi connectivity index (χ4v) is 1.69. The van der Waals surface area contributed by atoms with Crippen LogP contribution in [-0.4, -0.2) is 28.0 Å². The average Bonchev–Trinajstić information content (AvgIpc) is 2.53. The Morgan fingerprint density at radius 3 is 2.75 bits per heavy atom. The van der Waals surface area contributed by atoms with E-state index in [9.17, 15) is 4.79 Å². The van der Waals surface area contributed by atoms with Crippen LogP contribution in [0.2, 0.25) is 0 Å². The summed E-state index contributed by atoms with van der Waals surface area (Å²) in [7, 11) is 3.28. The highest BCUT2D eigenvalue weighted by atomic mass is 16.5. The lowest BCUT2D eigenvalue weighted by molar-refractivity contribution is 0.0693. The third-order valence-electron chi connectivity index (χ3n) is 2.68. The van der Waals surface area contributed by atoms with Gasteiger partial charge in [-0.2, -0.15) is 5.10 Å². The molecule has 1 aromatic heterocycles. The normalized spacial score (nSPS) is 10.7. The van der Waals surface area contributed by atoms with Gasteiger partial charge >= 0.3 is 5.97 Å². The van der Waals surface area contributed by atoms with Crippen molar-refractivity contribution in [2.75, 3.05) is 7.11 Å². The van der Waals surface area contributed by atoms with E-state index in [-0.39, 0.29) is 5.56 Å². The number of aromatic nitrogens is 2. The number of fused-ring (bicyclic) bond motifs is 1. The summed E-state index contributed by atoms with van der Waals surface area (Å²) in [6, 6.07) is 3.24. The number of rotatable bonds is 2. The van der Waals surface area contributed by atoms with Crippen LogP contribution in [0.3, 0.4) is 0 Å². The fourth-order valence-electron chi connectivity index (χ4n) is 1.69. The molecule has 0 saturated heterocycles. The van der Waals surface area contributed by atoms with E-state index in [1.54, 1.807) is 10.7 Å². The van der Waals surface area contributed by atoms with Gasteiger partial charge in [-0.25, -0.2) is 4.79 Å². The van der Waals surface area contributed by atoms with Crippen LogP contribution in [-0.2, 0) is 7.05 Å². The summed E-state index contributed by atoms with van der Waals surface area (Å²) in [6.45, 7) is 1.93. The van der Waals surface area contributed by atoms with Crippen LogP contribution in [0.1, 0.15) is 16.1 Å². The van der Waals surface area contributed by atoms with Gasteiger partial charge in [0.15, 0.2) is 0 Å². The zero-order chi connectivity index (χ0) is 11.9. The summed E-state index contributed by atoms with van der Waals surface area (Å²) in [5.41, 5.74) is 1.77. The largest absolute Gasteiger partial charge is 0.496 e. The first-order chi connectivity index (χ1) is 7.54. The summed E-state index contributed by atoms with van der Waals surface area (Å²) in [6.07, 6.45) is 0. The van der Waals surface area contributed by atoms with E-state index < -0.39 is 5.97 Å². The Balaban J connectivity index is 2.80. The Morgan fingerprint density at radius 1 is 1.50 bits per heavy atom. The van der Waals surface area contributed by atoms with E-state index >= 15 is 0 Å². The molecule has 1 N–H and O–H groups in total. The second-order valence-electron chi connectivity index (χ2n) is 3.58. The van der Waals surface area contributed by atoms with Crippen LogP contribution in [0.5, 0.6) is 5.75 Å². The van der Waals surface area contributed by atoms with Crippen molar-refractivity contribution >= 4 is 16.9 Å². The molecule has 0 radical (unpaired) electrons. The average molecular weight is 220 g/mol. The maximum absolute atomic E-state index is 11.0. The number of benzene rings is 1. The molecule has 0 spiro atoms. The summed E-state index contributed by atoms with van der Waals surface area (Å²) >= 11 is 0. The quantitative estimate of drug-likeness (QED) is 0.834. The smallest absolute Gasteiger partial charge is 0.339 e. The van der Waals surface area contributed by atoms with Gasteiger partial charge < -0.3 is 9.84 Å². The Labute approximate surface area is 92.2 Å². The highest BCUT2D eigenvalue weighted by molar-refractivity contribution is 5.97. The molecule has 5 nitrogen and oxygen atoms in total. The van der Waals surface area contributed by atoms with Gasteiger partial charge in [-0.05, 0) is 19.1 Å². The molecule has 0 atom stereocenters. The minimum absolute atomic E-state index is 0.133. The summed E-state index contributed by atoms with van der Waals surface area (Å²) < 4.78 is 6.78. The molecule has 0 aliphatic heterocycles. The fraction of sp³-hybridized carbons (Fsp3) is 0.273. The predicted octanol–water partition coefficient (Wildman–Crippen LogP) is 1.59. The highest BCUT2D eigenvalue weighted by Gasteiger charge is 2.15. The van der Waals surface area contributed by atoms with Gasteiger partial charge in [-0.15, -0.1) is 0 Å². The van der Waals surface area contributed by atoms with Crippen molar-refractivity contribution in [1.29, 1.82) is 0 Å². The van der Waals surface area contributed by atoms with Gasteiger partial charge in [0, 0.05) is 18.1 Å². The Hall–Kier alpha value is -2.04. The molecule has 0 aliphatic rings. The zero-order valence-corrected chi connectivity index (χ0v) is 9.31. The van der Waals surface area contributed by atoms with Gasteiger partial charge in [-0.1, -0.05) is 0 Å². The minimum Gasteiger partial charge on any atom is -0.496 e. The lowest BCUT2D eigenvalue weighted by Crippen LogP contribution is -2.00. The number of aryl methyl sites for hydroxylation is 2. The first-order valence-corrected chi connectivity index (χ1v) is 4.79. The third-order valence-corrected chi connectivity index (χ3v) is 2.68. The molecule has 2 aromatic rings. The SMILES string of the molecule is COc1cc2c(C)n(C)nc2cc1C(=O)O. The summed E-state index contributed by atoms with van der Waals surface area (Å²) in [4.78, 5) is 11.0. The van der Waals surface area contributed by atoms with Crippen LogP contribution in [0, 0.1) is 6.92 Å². The van der Waals surface area contributed by atoms with E-state index in [2.05, 4.69) is 5.10 Å². The molecule has 0 fully saturated rings. The second kappa shape index (κ2) is 3.52. The number of ether oxygens (including phenoxy) is 1. The molecule has 0 saturated carbocycles. The van der Waals surface area contributed by atoms with E-state index in [0.717, 1.165) is 11.1 Å². The number of nitrogens with zero attached hydrogens (tertiary/aromatic N) is 2. The molecule has 84 valence electrons. The lowest BCUT2D eigenvalue weighted by atomic mass is 10.1. The van der Waals surface area contributed by atoms with Crippen LogP contribution in [0.25, 0.3) is 10.9 Å². The van der Waals surface area contributed by atoms with E-state index in [1.165, 1.54) is 13.2 Å². The monoisotopic (exact) mass is 220 g/mol. The molecule has 16 heavy (non-hydrogen) atoms. The van der Waals surface area contributed by atoms with Crippen LogP contribution < -0.4 is 4.74 Å². The Morgan fingerprint density at radius 2 is 2.19 bits per heavy atom. The van der Waals surface area contributed by atoms with Crippen molar-refractivity contribution in [3.63, 3.8) is 0 Å². The Kier molecular flexibility index (Phi) is 2.30. The molecular formula is C11H12N2O3. The second-order valence-corrected chi connectivity index (χ2v) is 3.58. The van der Waals surface area contributed by atoms with Crippen molar-refractivity contribution in [2.45, 2.75) is 6.92 Å². The molecular weight excluding hydrogens is 208 g/mol. The number of hydrogen-bond donors (Lipinski definition) is 1. The van der Waals surface area contributed by atoms with E-state index in [1.807, 2.05) is 14.0 Å². The van der Waals surface area contributed by atoms with Gasteiger partial charge in [0.1, 0.15) is 11.3 Å². The first-order valence-electron chi connectivity index (χ1n) is 4.79. The topological polar surface area (TPSA) is 64.4 Å². The molecule has 1 aromatic carbocycles. The van der Waals surface area contributed by atoms with Gasteiger partial charge in [0.25, 0.3) is 0 Å². The van der Waals surface area contributed by atoms with Crippen molar-refractivity contribution in [3.05, 3.63) is 23.4 Å². The van der Waals surface area contributed by atoms with Crippen LogP contribution in [0.4, 0.5) is 0 Å². The van der Waals surface area contributed by atoms with E-state index in [4.69, 9.17) is 9.84 Å². The third kappa shape index (κ3) is 1.41. The van der Waals surface area contributed by atoms with Crippen LogP contribution >= 0.6 is 0 Å². The number of hydrogen-bond acceptors (Lipinski definition) is 3. The Bertz CT molecular complexity index is 572. The maximum Gasteiger partial charge on any atom is 0.339 e. The molecule has 0 unspecified atom stereocenters. The van der Waals surface area contributed by atoms with Crippen LogP contribution in [0.15, 0.2) is 12.1 Å². The summed E-state index contributed by atoms with van der Waals surface area (Å²) in [5, 5.41) is 14.2. The van der Waals surface area contributed by atoms with Crippen molar-refractivity contribution in [3.8, 4) is 5.75 Å². The predicted molar refractivity (Wildman–Crippen MR) is 59.0 cm³/mol. The lowest BCUT2D eigenvalue weighted by Gasteiger charge is -2.04. The highest BCUT2D eigenvalue weighted by Crippen LogP contribution is 2.27. The molecule has 2 rings (SSSR count). The maximum atomic E-state index is 11.0. The summed E-state index contributed by atoms with van der Waals surface area (Å²) in [5.74, 6) is -0.654. The number of carbonyl (C=O) groups is 1. The van der Waals surface area contributed by atoms with Gasteiger partial charge in [0.05, 0.1) is 12.6 Å². The zero-order valence-electron chi connectivity index (χ0n) is 9.31. The molecule has 0 aliphatic carbocycles. The minimum atomic E-state index is -1.01. The van der Waals surface area contributed by atoms with Gasteiger partial charge in [-0.3, -0.25) is 4.68 Å². The van der Waals surface area contributed by atoms with Crippen molar-refractivity contribution in [1.82, 2.24) is 9.78 Å². The first kappa shape index (κ1) is 10.5. The molecule has 1 heterocycles. The molecule has 0 amide bonds. The number of methoxy groups -OCH3 is 1. The number of carboxylic acids is 1. The van der Waals surface area contributed by atoms with Crippen molar-refractivity contribution in [2.24, 2.45) is 7.05 Å². The molecule has 5 heteroatoms. The number of aromatic carboxylic acids is 1. The number of carboxylic acid groups (broad SMARTS) is 1. The van der Waals surface area contributed by atoms with E-state index in [0.29, 0.717) is 11.3 Å².